The zero-order valence-electron chi connectivity index (χ0n) is 15.6. The number of aromatic amines is 1. The van der Waals surface area contributed by atoms with Gasteiger partial charge in [0.2, 0.25) is 0 Å². The first-order valence-electron chi connectivity index (χ1n) is 9.44. The average molecular weight is 367 g/mol. The molecule has 142 valence electrons. The van der Waals surface area contributed by atoms with Crippen LogP contribution in [0.25, 0.3) is 22.6 Å². The number of hydrogen-bond acceptors (Lipinski definition) is 6. The Morgan fingerprint density at radius 2 is 1.96 bits per heavy atom. The van der Waals surface area contributed by atoms with E-state index in [9.17, 15) is 0 Å². The Labute approximate surface area is 158 Å². The molecule has 3 aromatic rings. The van der Waals surface area contributed by atoms with Gasteiger partial charge in [0.1, 0.15) is 17.7 Å². The van der Waals surface area contributed by atoms with Crippen LogP contribution in [-0.4, -0.2) is 58.5 Å². The second-order valence-electron chi connectivity index (χ2n) is 7.09. The topological polar surface area (TPSA) is 87.2 Å². The molecule has 0 saturated carbocycles. The monoisotopic (exact) mass is 367 g/mol. The first-order chi connectivity index (χ1) is 13.2. The van der Waals surface area contributed by atoms with Crippen molar-refractivity contribution in [3.63, 3.8) is 0 Å². The normalized spacial score (nSPS) is 15.3. The second-order valence-corrected chi connectivity index (χ2v) is 7.09. The number of fused-ring (bicyclic) bond motifs is 1. The highest BCUT2D eigenvalue weighted by Gasteiger charge is 2.19. The quantitative estimate of drug-likeness (QED) is 0.696. The number of hydrogen-bond donors (Lipinski definition) is 2. The van der Waals surface area contributed by atoms with Crippen LogP contribution in [0, 0.1) is 5.92 Å². The minimum absolute atomic E-state index is 0.155. The number of anilines is 1. The van der Waals surface area contributed by atoms with Gasteiger partial charge in [-0.15, -0.1) is 0 Å². The van der Waals surface area contributed by atoms with E-state index in [0.29, 0.717) is 18.0 Å². The smallest absolute Gasteiger partial charge is 0.183 e. The molecule has 0 radical (unpaired) electrons. The fourth-order valence-corrected chi connectivity index (χ4v) is 3.60. The van der Waals surface area contributed by atoms with E-state index < -0.39 is 0 Å². The number of aromatic nitrogens is 4. The van der Waals surface area contributed by atoms with Crippen molar-refractivity contribution >= 4 is 17.0 Å². The zero-order chi connectivity index (χ0) is 18.6. The first-order valence-corrected chi connectivity index (χ1v) is 9.44. The third kappa shape index (κ3) is 3.94. The molecule has 3 heterocycles. The van der Waals surface area contributed by atoms with Crippen LogP contribution in [0.5, 0.6) is 0 Å². The molecule has 0 spiro atoms. The van der Waals surface area contributed by atoms with Crippen LogP contribution < -0.4 is 4.90 Å². The lowest BCUT2D eigenvalue weighted by Gasteiger charge is -2.27. The molecule has 4 rings (SSSR count). The number of imidazole rings is 1. The van der Waals surface area contributed by atoms with Gasteiger partial charge in [0.05, 0.1) is 0 Å². The maximum atomic E-state index is 9.06. The van der Waals surface area contributed by atoms with Crippen molar-refractivity contribution in [2.45, 2.75) is 19.3 Å². The molecule has 0 amide bonds. The summed E-state index contributed by atoms with van der Waals surface area (Å²) >= 11 is 0. The van der Waals surface area contributed by atoms with Gasteiger partial charge in [-0.25, -0.2) is 15.0 Å². The summed E-state index contributed by atoms with van der Waals surface area (Å²) in [6, 6.07) is 8.06. The highest BCUT2D eigenvalue weighted by atomic mass is 16.5. The fourth-order valence-electron chi connectivity index (χ4n) is 3.60. The molecule has 1 aliphatic heterocycles. The van der Waals surface area contributed by atoms with Gasteiger partial charge in [-0.1, -0.05) is 24.3 Å². The van der Waals surface area contributed by atoms with E-state index in [1.807, 2.05) is 24.3 Å². The highest BCUT2D eigenvalue weighted by Crippen LogP contribution is 2.26. The summed E-state index contributed by atoms with van der Waals surface area (Å²) in [7, 11) is 2.07. The lowest BCUT2D eigenvalue weighted by atomic mass is 10.00. The van der Waals surface area contributed by atoms with Crippen molar-refractivity contribution in [2.24, 2.45) is 5.92 Å². The van der Waals surface area contributed by atoms with Crippen LogP contribution in [0.2, 0.25) is 0 Å². The van der Waals surface area contributed by atoms with E-state index in [-0.39, 0.29) is 6.61 Å². The van der Waals surface area contributed by atoms with Gasteiger partial charge in [0.25, 0.3) is 0 Å². The number of H-pyrrole nitrogens is 1. The van der Waals surface area contributed by atoms with Gasteiger partial charge in [0.15, 0.2) is 11.5 Å². The number of nitrogens with zero attached hydrogens (tertiary/aromatic N) is 4. The van der Waals surface area contributed by atoms with Crippen LogP contribution in [0.15, 0.2) is 30.6 Å². The Hall–Kier alpha value is -2.51. The molecule has 2 aromatic heterocycles. The molecule has 1 saturated heterocycles. The molecule has 7 heteroatoms. The average Bonchev–Trinajstić information content (AvgIpc) is 3.14. The van der Waals surface area contributed by atoms with E-state index in [4.69, 9.17) is 9.84 Å². The first kappa shape index (κ1) is 17.9. The molecule has 0 unspecified atom stereocenters. The summed E-state index contributed by atoms with van der Waals surface area (Å²) in [6.07, 6.45) is 4.42. The molecule has 2 N–H and O–H groups in total. The Balaban J connectivity index is 1.59. The van der Waals surface area contributed by atoms with Crippen molar-refractivity contribution in [3.05, 3.63) is 36.2 Å². The van der Waals surface area contributed by atoms with Gasteiger partial charge < -0.3 is 19.7 Å². The van der Waals surface area contributed by atoms with E-state index in [1.54, 1.807) is 6.33 Å². The van der Waals surface area contributed by atoms with Gasteiger partial charge >= 0.3 is 0 Å². The summed E-state index contributed by atoms with van der Waals surface area (Å²) < 4.78 is 5.46. The van der Waals surface area contributed by atoms with Crippen molar-refractivity contribution < 1.29 is 9.84 Å². The lowest BCUT2D eigenvalue weighted by molar-refractivity contribution is 0.0685. The zero-order valence-corrected chi connectivity index (χ0v) is 15.6. The van der Waals surface area contributed by atoms with Gasteiger partial charge in [-0.2, -0.15) is 0 Å². The predicted molar refractivity (Wildman–Crippen MR) is 105 cm³/mol. The minimum Gasteiger partial charge on any atom is -0.396 e. The molecule has 1 aliphatic rings. The lowest BCUT2D eigenvalue weighted by Crippen LogP contribution is -2.30. The van der Waals surface area contributed by atoms with Gasteiger partial charge in [0, 0.05) is 39.0 Å². The fraction of sp³-hybridized carbons (Fsp3) is 0.450. The summed E-state index contributed by atoms with van der Waals surface area (Å²) in [5, 5.41) is 9.06. The number of nitrogens with one attached hydrogen (secondary N) is 1. The standard InChI is InChI=1S/C20H25N5O2/c1-25(12-15-7-10-27-11-8-15)20-17-19(21-13-22-20)24-18(23-17)16-4-2-14(3-5-16)6-9-26/h2-5,13,15,26H,6-12H2,1H3,(H,21,22,23,24). The van der Waals surface area contributed by atoms with Crippen molar-refractivity contribution in [3.8, 4) is 11.4 Å². The molecular formula is C20H25N5O2. The summed E-state index contributed by atoms with van der Waals surface area (Å²) in [4.78, 5) is 19.1. The third-order valence-corrected chi connectivity index (χ3v) is 5.13. The predicted octanol–water partition coefficient (Wildman–Crippen LogP) is 2.42. The molecule has 0 bridgehead atoms. The van der Waals surface area contributed by atoms with Crippen LogP contribution in [0.4, 0.5) is 5.82 Å². The maximum absolute atomic E-state index is 9.06. The molecule has 1 fully saturated rings. The number of ether oxygens (including phenoxy) is 1. The number of aliphatic hydroxyl groups excluding tert-OH is 1. The molecule has 27 heavy (non-hydrogen) atoms. The largest absolute Gasteiger partial charge is 0.396 e. The maximum Gasteiger partial charge on any atom is 0.183 e. The summed E-state index contributed by atoms with van der Waals surface area (Å²) in [6.45, 7) is 2.79. The molecule has 0 aliphatic carbocycles. The third-order valence-electron chi connectivity index (χ3n) is 5.13. The Morgan fingerprint density at radius 3 is 2.70 bits per heavy atom. The van der Waals surface area contributed by atoms with Crippen molar-refractivity contribution in [2.75, 3.05) is 38.3 Å². The number of aliphatic hydroxyl groups is 1. The molecule has 1 aromatic carbocycles. The van der Waals surface area contributed by atoms with E-state index >= 15 is 0 Å². The van der Waals surface area contributed by atoms with Crippen LogP contribution in [0.3, 0.4) is 0 Å². The molecule has 7 nitrogen and oxygen atoms in total. The highest BCUT2D eigenvalue weighted by molar-refractivity contribution is 5.85. The van der Waals surface area contributed by atoms with Crippen molar-refractivity contribution in [1.29, 1.82) is 0 Å². The molecule has 0 atom stereocenters. The van der Waals surface area contributed by atoms with Gasteiger partial charge in [-0.05, 0) is 30.7 Å². The summed E-state index contributed by atoms with van der Waals surface area (Å²) in [5.74, 6) is 2.28. The van der Waals surface area contributed by atoms with Crippen LogP contribution in [0.1, 0.15) is 18.4 Å². The van der Waals surface area contributed by atoms with E-state index in [0.717, 1.165) is 60.9 Å². The Kier molecular flexibility index (Phi) is 5.31. The van der Waals surface area contributed by atoms with E-state index in [2.05, 4.69) is 31.9 Å². The van der Waals surface area contributed by atoms with Crippen LogP contribution in [-0.2, 0) is 11.2 Å². The number of benzene rings is 1. The number of rotatable bonds is 6. The SMILES string of the molecule is CN(CC1CCOCC1)c1ncnc2nc(-c3ccc(CCO)cc3)[nH]c12. The minimum atomic E-state index is 0.155. The van der Waals surface area contributed by atoms with Crippen LogP contribution >= 0.6 is 0 Å². The van der Waals surface area contributed by atoms with Crippen molar-refractivity contribution in [1.82, 2.24) is 19.9 Å². The second kappa shape index (κ2) is 8.02. The molecular weight excluding hydrogens is 342 g/mol. The van der Waals surface area contributed by atoms with Gasteiger partial charge in [-0.3, -0.25) is 0 Å². The Morgan fingerprint density at radius 1 is 1.19 bits per heavy atom. The Bertz CT molecular complexity index is 887. The summed E-state index contributed by atoms with van der Waals surface area (Å²) in [5.41, 5.74) is 3.64. The van der Waals surface area contributed by atoms with E-state index in [1.165, 1.54) is 0 Å².